The van der Waals surface area contributed by atoms with Crippen LogP contribution in [0.15, 0.2) is 42.7 Å². The number of anilines is 3. The summed E-state index contributed by atoms with van der Waals surface area (Å²) in [6, 6.07) is 10.1. The molecule has 0 aliphatic carbocycles. The molecule has 0 aliphatic heterocycles. The number of fused-ring (bicyclic) bond motifs is 1. The van der Waals surface area contributed by atoms with E-state index in [4.69, 9.17) is 5.73 Å². The highest BCUT2D eigenvalue weighted by atomic mass is 19.1. The van der Waals surface area contributed by atoms with Crippen LogP contribution in [0.2, 0.25) is 0 Å². The molecule has 4 nitrogen and oxygen atoms in total. The van der Waals surface area contributed by atoms with Crippen LogP contribution < -0.4 is 10.6 Å². The lowest BCUT2D eigenvalue weighted by atomic mass is 10.2. The Balaban J connectivity index is 2.07. The molecule has 0 radical (unpaired) electrons. The van der Waals surface area contributed by atoms with E-state index in [2.05, 4.69) is 9.97 Å². The molecular weight excluding hydrogens is 243 g/mol. The minimum atomic E-state index is -0.307. The van der Waals surface area contributed by atoms with E-state index in [1.807, 2.05) is 30.1 Å². The standard InChI is InChI=1S/C14H13FN4/c1-19(14-6-9(15)2-4-11(14)16)10-3-5-12-13(7-10)18-8-17-12/h2-8H,16H2,1H3,(H,17,18). The molecule has 1 heterocycles. The van der Waals surface area contributed by atoms with Crippen molar-refractivity contribution in [3.05, 3.63) is 48.5 Å². The first-order valence-corrected chi connectivity index (χ1v) is 5.87. The molecule has 3 aromatic rings. The molecule has 0 aliphatic rings. The first-order chi connectivity index (χ1) is 9.15. The van der Waals surface area contributed by atoms with Gasteiger partial charge in [-0.05, 0) is 36.4 Å². The molecule has 19 heavy (non-hydrogen) atoms. The molecule has 3 rings (SSSR count). The number of halogens is 1. The maximum atomic E-state index is 13.3. The van der Waals surface area contributed by atoms with E-state index in [0.29, 0.717) is 11.4 Å². The van der Waals surface area contributed by atoms with E-state index in [1.165, 1.54) is 12.1 Å². The Kier molecular flexibility index (Phi) is 2.59. The second kappa shape index (κ2) is 4.28. The topological polar surface area (TPSA) is 57.9 Å². The summed E-state index contributed by atoms with van der Waals surface area (Å²) in [6.07, 6.45) is 1.64. The summed E-state index contributed by atoms with van der Waals surface area (Å²) in [5, 5.41) is 0. The van der Waals surface area contributed by atoms with Gasteiger partial charge >= 0.3 is 0 Å². The maximum absolute atomic E-state index is 13.3. The molecule has 0 saturated heterocycles. The Bertz CT molecular complexity index is 735. The lowest BCUT2D eigenvalue weighted by molar-refractivity contribution is 0.628. The highest BCUT2D eigenvalue weighted by molar-refractivity contribution is 5.82. The van der Waals surface area contributed by atoms with E-state index in [9.17, 15) is 4.39 Å². The molecule has 0 atom stereocenters. The number of nitrogen functional groups attached to an aromatic ring is 1. The van der Waals surface area contributed by atoms with Gasteiger partial charge in [0.05, 0.1) is 28.7 Å². The second-order valence-corrected chi connectivity index (χ2v) is 4.37. The van der Waals surface area contributed by atoms with Gasteiger partial charge in [0, 0.05) is 12.7 Å². The maximum Gasteiger partial charge on any atom is 0.125 e. The van der Waals surface area contributed by atoms with Crippen molar-refractivity contribution in [2.24, 2.45) is 0 Å². The summed E-state index contributed by atoms with van der Waals surface area (Å²) in [6.45, 7) is 0. The zero-order valence-corrected chi connectivity index (χ0v) is 10.4. The average Bonchev–Trinajstić information content (AvgIpc) is 2.88. The van der Waals surface area contributed by atoms with Crippen LogP contribution in [0, 0.1) is 5.82 Å². The molecule has 5 heteroatoms. The summed E-state index contributed by atoms with van der Waals surface area (Å²) in [4.78, 5) is 9.06. The Labute approximate surface area is 109 Å². The van der Waals surface area contributed by atoms with Gasteiger partial charge in [-0.3, -0.25) is 0 Å². The van der Waals surface area contributed by atoms with E-state index >= 15 is 0 Å². The summed E-state index contributed by atoms with van der Waals surface area (Å²) in [5.74, 6) is -0.307. The van der Waals surface area contributed by atoms with Gasteiger partial charge in [-0.1, -0.05) is 0 Å². The van der Waals surface area contributed by atoms with Gasteiger partial charge in [-0.15, -0.1) is 0 Å². The fourth-order valence-corrected chi connectivity index (χ4v) is 2.08. The van der Waals surface area contributed by atoms with Crippen LogP contribution in [0.1, 0.15) is 0 Å². The van der Waals surface area contributed by atoms with Crippen molar-refractivity contribution in [2.45, 2.75) is 0 Å². The largest absolute Gasteiger partial charge is 0.397 e. The zero-order chi connectivity index (χ0) is 13.4. The minimum Gasteiger partial charge on any atom is -0.397 e. The van der Waals surface area contributed by atoms with Crippen LogP contribution in [-0.4, -0.2) is 17.0 Å². The van der Waals surface area contributed by atoms with E-state index in [1.54, 1.807) is 12.4 Å². The molecule has 0 unspecified atom stereocenters. The third-order valence-electron chi connectivity index (χ3n) is 3.14. The minimum absolute atomic E-state index is 0.307. The van der Waals surface area contributed by atoms with Crippen LogP contribution in [-0.2, 0) is 0 Å². The molecule has 0 spiro atoms. The van der Waals surface area contributed by atoms with Crippen molar-refractivity contribution < 1.29 is 4.39 Å². The smallest absolute Gasteiger partial charge is 0.125 e. The lowest BCUT2D eigenvalue weighted by Gasteiger charge is -2.21. The first kappa shape index (κ1) is 11.5. The van der Waals surface area contributed by atoms with Gasteiger partial charge in [0.1, 0.15) is 5.82 Å². The molecule has 96 valence electrons. The Morgan fingerprint density at radius 1 is 1.21 bits per heavy atom. The monoisotopic (exact) mass is 256 g/mol. The van der Waals surface area contributed by atoms with Gasteiger partial charge in [0.15, 0.2) is 0 Å². The highest BCUT2D eigenvalue weighted by Gasteiger charge is 2.10. The fourth-order valence-electron chi connectivity index (χ4n) is 2.08. The first-order valence-electron chi connectivity index (χ1n) is 5.87. The fraction of sp³-hybridized carbons (Fsp3) is 0.0714. The number of aromatic nitrogens is 2. The van der Waals surface area contributed by atoms with Gasteiger partial charge < -0.3 is 15.6 Å². The summed E-state index contributed by atoms with van der Waals surface area (Å²) in [7, 11) is 1.85. The molecule has 0 amide bonds. The molecular formula is C14H13FN4. The van der Waals surface area contributed by atoms with Crippen molar-refractivity contribution in [3.8, 4) is 0 Å². The Morgan fingerprint density at radius 2 is 2.05 bits per heavy atom. The SMILES string of the molecule is CN(c1ccc2nc[nH]c2c1)c1cc(F)ccc1N. The van der Waals surface area contributed by atoms with Gasteiger partial charge in [-0.2, -0.15) is 0 Å². The summed E-state index contributed by atoms with van der Waals surface area (Å²) < 4.78 is 13.3. The molecule has 0 bridgehead atoms. The quantitative estimate of drug-likeness (QED) is 0.693. The third kappa shape index (κ3) is 1.99. The number of nitrogens with two attached hydrogens (primary N) is 1. The second-order valence-electron chi connectivity index (χ2n) is 4.37. The number of nitrogens with zero attached hydrogens (tertiary/aromatic N) is 2. The average molecular weight is 256 g/mol. The number of H-pyrrole nitrogens is 1. The van der Waals surface area contributed by atoms with Crippen molar-refractivity contribution in [2.75, 3.05) is 17.7 Å². The van der Waals surface area contributed by atoms with Crippen LogP contribution in [0.25, 0.3) is 11.0 Å². The zero-order valence-electron chi connectivity index (χ0n) is 10.4. The number of hydrogen-bond donors (Lipinski definition) is 2. The van der Waals surface area contributed by atoms with Crippen molar-refractivity contribution >= 4 is 28.1 Å². The van der Waals surface area contributed by atoms with E-state index < -0.39 is 0 Å². The highest BCUT2D eigenvalue weighted by Crippen LogP contribution is 2.30. The van der Waals surface area contributed by atoms with Gasteiger partial charge in [-0.25, -0.2) is 9.37 Å². The van der Waals surface area contributed by atoms with Gasteiger partial charge in [0.25, 0.3) is 0 Å². The van der Waals surface area contributed by atoms with E-state index in [0.717, 1.165) is 16.7 Å². The molecule has 3 N–H and O–H groups in total. The normalized spacial score (nSPS) is 10.8. The number of imidazole rings is 1. The number of hydrogen-bond acceptors (Lipinski definition) is 3. The number of nitrogens with one attached hydrogen (secondary N) is 1. The van der Waals surface area contributed by atoms with E-state index in [-0.39, 0.29) is 5.82 Å². The summed E-state index contributed by atoms with van der Waals surface area (Å²) in [5.41, 5.74) is 9.80. The van der Waals surface area contributed by atoms with Crippen LogP contribution in [0.4, 0.5) is 21.5 Å². The lowest BCUT2D eigenvalue weighted by Crippen LogP contribution is -2.11. The van der Waals surface area contributed by atoms with Crippen molar-refractivity contribution in [1.82, 2.24) is 9.97 Å². The molecule has 0 saturated carbocycles. The third-order valence-corrected chi connectivity index (χ3v) is 3.14. The van der Waals surface area contributed by atoms with Crippen molar-refractivity contribution in [1.29, 1.82) is 0 Å². The number of rotatable bonds is 2. The predicted octanol–water partition coefficient (Wildman–Crippen LogP) is 3.05. The van der Waals surface area contributed by atoms with Gasteiger partial charge in [0.2, 0.25) is 0 Å². The Morgan fingerprint density at radius 3 is 2.89 bits per heavy atom. The number of aromatic amines is 1. The van der Waals surface area contributed by atoms with Crippen LogP contribution >= 0.6 is 0 Å². The van der Waals surface area contributed by atoms with Crippen LogP contribution in [0.5, 0.6) is 0 Å². The van der Waals surface area contributed by atoms with Crippen LogP contribution in [0.3, 0.4) is 0 Å². The Hall–Kier alpha value is -2.56. The molecule has 2 aromatic carbocycles. The number of benzene rings is 2. The molecule has 1 aromatic heterocycles. The molecule has 0 fully saturated rings. The van der Waals surface area contributed by atoms with Crippen molar-refractivity contribution in [3.63, 3.8) is 0 Å². The summed E-state index contributed by atoms with van der Waals surface area (Å²) >= 11 is 0. The predicted molar refractivity (Wildman–Crippen MR) is 75.0 cm³/mol.